The Bertz CT molecular complexity index is 1030. The first kappa shape index (κ1) is 19.1. The van der Waals surface area contributed by atoms with Gasteiger partial charge in [-0.1, -0.05) is 12.1 Å². The second-order valence-corrected chi connectivity index (χ2v) is 6.11. The standard InChI is InChI=1S/C20H18FN3O4/c1-12-19(13(2)25)24(27)20(22-12)14-4-3-5-17(10-14)28-11-18(26)23-16-8-6-15(21)7-9-16/h3-10,27H,11H2,1-2H3,(H,23,26). The number of amides is 1. The van der Waals surface area contributed by atoms with Gasteiger partial charge in [-0.25, -0.2) is 9.37 Å². The number of hydrogen-bond donors (Lipinski definition) is 2. The summed E-state index contributed by atoms with van der Waals surface area (Å²) in [5, 5.41) is 12.8. The number of Topliss-reactive ketones (excluding diaryl/α,β-unsaturated/α-hetero) is 1. The fourth-order valence-electron chi connectivity index (χ4n) is 2.71. The van der Waals surface area contributed by atoms with Crippen LogP contribution in [0.25, 0.3) is 11.4 Å². The van der Waals surface area contributed by atoms with Crippen LogP contribution >= 0.6 is 0 Å². The zero-order valence-corrected chi connectivity index (χ0v) is 15.3. The number of carbonyl (C=O) groups is 2. The average Bonchev–Trinajstić information content (AvgIpc) is 2.96. The molecule has 0 unspecified atom stereocenters. The number of anilines is 1. The van der Waals surface area contributed by atoms with Crippen molar-refractivity contribution >= 4 is 17.4 Å². The highest BCUT2D eigenvalue weighted by molar-refractivity contribution is 5.94. The van der Waals surface area contributed by atoms with Crippen LogP contribution in [0, 0.1) is 12.7 Å². The average molecular weight is 383 g/mol. The summed E-state index contributed by atoms with van der Waals surface area (Å²) >= 11 is 0. The Labute approximate surface area is 160 Å². The molecule has 28 heavy (non-hydrogen) atoms. The summed E-state index contributed by atoms with van der Waals surface area (Å²) in [6.45, 7) is 2.72. The molecule has 2 N–H and O–H groups in total. The Morgan fingerprint density at radius 3 is 2.57 bits per heavy atom. The molecule has 0 saturated carbocycles. The lowest BCUT2D eigenvalue weighted by Gasteiger charge is -2.09. The predicted octanol–water partition coefficient (Wildman–Crippen LogP) is 3.46. The molecular formula is C20H18FN3O4. The van der Waals surface area contributed by atoms with Crippen molar-refractivity contribution in [2.45, 2.75) is 13.8 Å². The molecule has 0 atom stereocenters. The molecule has 0 bridgehead atoms. The molecule has 1 amide bonds. The number of ketones is 1. The first-order chi connectivity index (χ1) is 13.3. The highest BCUT2D eigenvalue weighted by Crippen LogP contribution is 2.25. The number of aryl methyl sites for hydroxylation is 1. The van der Waals surface area contributed by atoms with Crippen molar-refractivity contribution in [3.63, 3.8) is 0 Å². The van der Waals surface area contributed by atoms with Crippen molar-refractivity contribution in [3.8, 4) is 17.1 Å². The molecule has 1 heterocycles. The van der Waals surface area contributed by atoms with E-state index in [9.17, 15) is 19.2 Å². The molecule has 1 aromatic heterocycles. The van der Waals surface area contributed by atoms with Gasteiger partial charge in [-0.15, -0.1) is 0 Å². The maximum absolute atomic E-state index is 12.9. The summed E-state index contributed by atoms with van der Waals surface area (Å²) in [6, 6.07) is 12.0. The fraction of sp³-hybridized carbons (Fsp3) is 0.150. The number of benzene rings is 2. The lowest BCUT2D eigenvalue weighted by molar-refractivity contribution is -0.118. The molecule has 0 aliphatic heterocycles. The minimum absolute atomic E-state index is 0.111. The number of imidazole rings is 1. The van der Waals surface area contributed by atoms with E-state index in [1.54, 1.807) is 31.2 Å². The predicted molar refractivity (Wildman–Crippen MR) is 100 cm³/mol. The van der Waals surface area contributed by atoms with Crippen LogP contribution in [0.1, 0.15) is 23.1 Å². The maximum atomic E-state index is 12.9. The molecule has 0 spiro atoms. The van der Waals surface area contributed by atoms with E-state index in [2.05, 4.69) is 10.3 Å². The highest BCUT2D eigenvalue weighted by Gasteiger charge is 2.19. The van der Waals surface area contributed by atoms with E-state index < -0.39 is 11.7 Å². The van der Waals surface area contributed by atoms with Crippen LogP contribution in [0.15, 0.2) is 48.5 Å². The number of aromatic nitrogens is 2. The third-order valence-corrected chi connectivity index (χ3v) is 3.95. The van der Waals surface area contributed by atoms with Gasteiger partial charge in [0.15, 0.2) is 18.2 Å². The molecule has 0 saturated heterocycles. The number of nitrogens with one attached hydrogen (secondary N) is 1. The van der Waals surface area contributed by atoms with Gasteiger partial charge in [0.2, 0.25) is 0 Å². The van der Waals surface area contributed by atoms with Gasteiger partial charge in [0.1, 0.15) is 17.3 Å². The Balaban J connectivity index is 1.70. The quantitative estimate of drug-likeness (QED) is 0.502. The van der Waals surface area contributed by atoms with Crippen LogP contribution in [0.5, 0.6) is 5.75 Å². The second kappa shape index (κ2) is 7.91. The topological polar surface area (TPSA) is 93.5 Å². The molecular weight excluding hydrogens is 365 g/mol. The monoisotopic (exact) mass is 383 g/mol. The van der Waals surface area contributed by atoms with Crippen molar-refractivity contribution in [1.29, 1.82) is 0 Å². The number of ether oxygens (including phenoxy) is 1. The summed E-state index contributed by atoms with van der Waals surface area (Å²) in [7, 11) is 0. The van der Waals surface area contributed by atoms with Gasteiger partial charge in [-0.3, -0.25) is 9.59 Å². The second-order valence-electron chi connectivity index (χ2n) is 6.11. The molecule has 7 nitrogen and oxygen atoms in total. The largest absolute Gasteiger partial charge is 0.484 e. The van der Waals surface area contributed by atoms with Crippen LogP contribution in [-0.2, 0) is 4.79 Å². The number of nitrogens with zero attached hydrogens (tertiary/aromatic N) is 2. The normalized spacial score (nSPS) is 10.5. The molecule has 3 aromatic rings. The Kier molecular flexibility index (Phi) is 5.39. The van der Waals surface area contributed by atoms with Gasteiger partial charge < -0.3 is 15.3 Å². The Morgan fingerprint density at radius 2 is 1.93 bits per heavy atom. The number of rotatable bonds is 6. The highest BCUT2D eigenvalue weighted by atomic mass is 19.1. The van der Waals surface area contributed by atoms with Crippen LogP contribution in [0.3, 0.4) is 0 Å². The fourth-order valence-corrected chi connectivity index (χ4v) is 2.71. The summed E-state index contributed by atoms with van der Waals surface area (Å²) in [4.78, 5) is 27.8. The number of carbonyl (C=O) groups excluding carboxylic acids is 2. The molecule has 144 valence electrons. The van der Waals surface area contributed by atoms with Gasteiger partial charge in [0.25, 0.3) is 5.91 Å². The number of halogens is 1. The van der Waals surface area contributed by atoms with E-state index in [1.807, 2.05) is 0 Å². The maximum Gasteiger partial charge on any atom is 0.262 e. The lowest BCUT2D eigenvalue weighted by atomic mass is 10.2. The van der Waals surface area contributed by atoms with Crippen LogP contribution in [0.2, 0.25) is 0 Å². The number of hydrogen-bond acceptors (Lipinski definition) is 5. The zero-order chi connectivity index (χ0) is 20.3. The zero-order valence-electron chi connectivity index (χ0n) is 15.3. The van der Waals surface area contributed by atoms with E-state index in [0.29, 0.717) is 22.7 Å². The molecule has 0 fully saturated rings. The SMILES string of the molecule is CC(=O)c1c(C)nc(-c2cccc(OCC(=O)Nc3ccc(F)cc3)c2)n1O. The first-order valence-corrected chi connectivity index (χ1v) is 8.43. The van der Waals surface area contributed by atoms with E-state index in [1.165, 1.54) is 31.2 Å². The van der Waals surface area contributed by atoms with E-state index in [-0.39, 0.29) is 23.9 Å². The van der Waals surface area contributed by atoms with Crippen molar-refractivity contribution in [3.05, 3.63) is 65.7 Å². The van der Waals surface area contributed by atoms with Crippen molar-refractivity contribution in [2.24, 2.45) is 0 Å². The molecule has 8 heteroatoms. The molecule has 2 aromatic carbocycles. The smallest absolute Gasteiger partial charge is 0.262 e. The van der Waals surface area contributed by atoms with Crippen molar-refractivity contribution in [2.75, 3.05) is 11.9 Å². The van der Waals surface area contributed by atoms with Gasteiger partial charge in [-0.2, -0.15) is 4.73 Å². The van der Waals surface area contributed by atoms with E-state index in [0.717, 1.165) is 4.73 Å². The van der Waals surface area contributed by atoms with Gasteiger partial charge >= 0.3 is 0 Å². The third kappa shape index (κ3) is 4.17. The van der Waals surface area contributed by atoms with Gasteiger partial charge in [0, 0.05) is 18.2 Å². The van der Waals surface area contributed by atoms with E-state index in [4.69, 9.17) is 4.74 Å². The molecule has 0 radical (unpaired) electrons. The minimum Gasteiger partial charge on any atom is -0.484 e. The molecule has 0 aliphatic rings. The van der Waals surface area contributed by atoms with Crippen LogP contribution in [-0.4, -0.2) is 33.2 Å². The molecule has 3 rings (SSSR count). The van der Waals surface area contributed by atoms with E-state index >= 15 is 0 Å². The van der Waals surface area contributed by atoms with Crippen LogP contribution < -0.4 is 10.1 Å². The Hall–Kier alpha value is -3.68. The summed E-state index contributed by atoms with van der Waals surface area (Å²) in [5.74, 6) is -0.517. The summed E-state index contributed by atoms with van der Waals surface area (Å²) in [5.41, 5.74) is 1.50. The van der Waals surface area contributed by atoms with Gasteiger partial charge in [0.05, 0.1) is 5.69 Å². The van der Waals surface area contributed by atoms with Crippen molar-refractivity contribution < 1.29 is 23.9 Å². The van der Waals surface area contributed by atoms with Gasteiger partial charge in [-0.05, 0) is 43.3 Å². The van der Waals surface area contributed by atoms with Crippen LogP contribution in [0.4, 0.5) is 10.1 Å². The summed E-state index contributed by atoms with van der Waals surface area (Å²) in [6.07, 6.45) is 0. The minimum atomic E-state index is -0.407. The first-order valence-electron chi connectivity index (χ1n) is 8.43. The Morgan fingerprint density at radius 1 is 1.21 bits per heavy atom. The molecule has 0 aliphatic carbocycles. The lowest BCUT2D eigenvalue weighted by Crippen LogP contribution is -2.20. The summed E-state index contributed by atoms with van der Waals surface area (Å²) < 4.78 is 19.1. The third-order valence-electron chi connectivity index (χ3n) is 3.95. The van der Waals surface area contributed by atoms with Crippen molar-refractivity contribution in [1.82, 2.24) is 9.71 Å².